The molecule has 1 atom stereocenters. The standard InChI is InChI=1S/C28H32F2N8O2/c1-5-36-8-10-37(11-9-36)26(27(39)40)18-6-7-23(31-14-18)34-28-32-15-21(30)24(35-28)19-12-20(29)25-22(13-19)38(16(2)3)17(4)33-25/h6-7,12-16,26H,5,8-11H2,1-4H3,(H,39,40)(H,31,32,34,35)/t26-/m1/s1. The summed E-state index contributed by atoms with van der Waals surface area (Å²) in [7, 11) is 0. The largest absolute Gasteiger partial charge is 0.480 e. The molecule has 0 spiro atoms. The Kier molecular flexibility index (Phi) is 7.72. The van der Waals surface area contributed by atoms with E-state index < -0.39 is 23.6 Å². The number of aromatic nitrogens is 5. The average molecular weight is 551 g/mol. The number of carbonyl (C=O) groups is 1. The minimum atomic E-state index is -0.933. The summed E-state index contributed by atoms with van der Waals surface area (Å²) in [4.78, 5) is 33.3. The zero-order valence-corrected chi connectivity index (χ0v) is 22.9. The van der Waals surface area contributed by atoms with Crippen LogP contribution < -0.4 is 5.32 Å². The van der Waals surface area contributed by atoms with Crippen molar-refractivity contribution in [1.29, 1.82) is 0 Å². The quantitative estimate of drug-likeness (QED) is 0.326. The summed E-state index contributed by atoms with van der Waals surface area (Å²) in [6, 6.07) is 5.45. The van der Waals surface area contributed by atoms with Gasteiger partial charge >= 0.3 is 5.97 Å². The van der Waals surface area contributed by atoms with E-state index in [1.165, 1.54) is 12.3 Å². The third-order valence-electron chi connectivity index (χ3n) is 7.25. The van der Waals surface area contributed by atoms with Gasteiger partial charge in [-0.2, -0.15) is 0 Å². The predicted octanol–water partition coefficient (Wildman–Crippen LogP) is 4.56. The zero-order chi connectivity index (χ0) is 28.6. The van der Waals surface area contributed by atoms with E-state index in [0.717, 1.165) is 25.8 Å². The molecule has 1 saturated heterocycles. The second kappa shape index (κ2) is 11.2. The maximum Gasteiger partial charge on any atom is 0.325 e. The molecule has 12 heteroatoms. The SMILES string of the molecule is CCN1CCN([C@@H](C(=O)O)c2ccc(Nc3ncc(F)c(-c4cc(F)c5nc(C)n(C(C)C)c5c4)n3)nc2)CC1. The van der Waals surface area contributed by atoms with Crippen molar-refractivity contribution in [2.75, 3.05) is 38.0 Å². The van der Waals surface area contributed by atoms with Crippen molar-refractivity contribution in [3.05, 3.63) is 59.7 Å². The number of rotatable bonds is 8. The molecule has 0 aliphatic carbocycles. The van der Waals surface area contributed by atoms with Crippen molar-refractivity contribution in [1.82, 2.24) is 34.3 Å². The summed E-state index contributed by atoms with van der Waals surface area (Å²) in [6.07, 6.45) is 2.53. The number of halogens is 2. The number of fused-ring (bicyclic) bond motifs is 1. The van der Waals surface area contributed by atoms with Gasteiger partial charge in [0.25, 0.3) is 0 Å². The Hall–Kier alpha value is -4.03. The number of carboxylic acids is 1. The van der Waals surface area contributed by atoms with Gasteiger partial charge in [0.05, 0.1) is 11.7 Å². The fourth-order valence-corrected chi connectivity index (χ4v) is 5.29. The molecule has 5 rings (SSSR count). The lowest BCUT2D eigenvalue weighted by Gasteiger charge is -2.37. The number of nitrogens with one attached hydrogen (secondary N) is 1. The molecule has 40 heavy (non-hydrogen) atoms. The van der Waals surface area contributed by atoms with Crippen LogP contribution in [-0.2, 0) is 4.79 Å². The summed E-state index contributed by atoms with van der Waals surface area (Å²) in [5.41, 5.74) is 1.52. The number of nitrogens with zero attached hydrogens (tertiary/aromatic N) is 7. The number of anilines is 2. The molecule has 0 radical (unpaired) electrons. The first-order chi connectivity index (χ1) is 19.2. The number of hydrogen-bond donors (Lipinski definition) is 2. The summed E-state index contributed by atoms with van der Waals surface area (Å²) in [5.74, 6) is -1.12. The average Bonchev–Trinajstić information content (AvgIpc) is 3.27. The summed E-state index contributed by atoms with van der Waals surface area (Å²) >= 11 is 0. The molecule has 1 aliphatic heterocycles. The number of likely N-dealkylation sites (N-methyl/N-ethyl adjacent to an activating group) is 1. The maximum atomic E-state index is 15.0. The van der Waals surface area contributed by atoms with Gasteiger partial charge in [0.2, 0.25) is 5.95 Å². The topological polar surface area (TPSA) is 112 Å². The number of carboxylic acid groups (broad SMARTS) is 1. The lowest BCUT2D eigenvalue weighted by Crippen LogP contribution is -2.49. The van der Waals surface area contributed by atoms with Crippen molar-refractivity contribution >= 4 is 28.8 Å². The smallest absolute Gasteiger partial charge is 0.325 e. The number of hydrogen-bond acceptors (Lipinski definition) is 8. The molecule has 0 saturated carbocycles. The molecule has 1 fully saturated rings. The number of piperazine rings is 1. The highest BCUT2D eigenvalue weighted by Gasteiger charge is 2.30. The van der Waals surface area contributed by atoms with Gasteiger partial charge in [-0.3, -0.25) is 9.69 Å². The summed E-state index contributed by atoms with van der Waals surface area (Å²) in [5, 5.41) is 12.9. The number of imidazole rings is 1. The molecule has 4 aromatic rings. The molecule has 3 aromatic heterocycles. The van der Waals surface area contributed by atoms with Crippen LogP contribution >= 0.6 is 0 Å². The molecule has 4 heterocycles. The first-order valence-corrected chi connectivity index (χ1v) is 13.3. The second-order valence-electron chi connectivity index (χ2n) is 10.2. The zero-order valence-electron chi connectivity index (χ0n) is 22.9. The number of aliphatic carboxylic acids is 1. The van der Waals surface area contributed by atoms with Crippen molar-refractivity contribution in [3.63, 3.8) is 0 Å². The minimum Gasteiger partial charge on any atom is -0.480 e. The fraction of sp³-hybridized carbons (Fsp3) is 0.393. The Labute approximate surface area is 230 Å². The van der Waals surface area contributed by atoms with Crippen LogP contribution in [0, 0.1) is 18.6 Å². The molecular weight excluding hydrogens is 518 g/mol. The van der Waals surface area contributed by atoms with Gasteiger partial charge in [-0.25, -0.2) is 28.7 Å². The van der Waals surface area contributed by atoms with Gasteiger partial charge in [-0.1, -0.05) is 13.0 Å². The molecule has 1 aliphatic rings. The van der Waals surface area contributed by atoms with Gasteiger partial charge in [0.1, 0.15) is 28.9 Å². The molecule has 0 bridgehead atoms. The number of pyridine rings is 1. The van der Waals surface area contributed by atoms with Gasteiger partial charge < -0.3 is 19.9 Å². The molecule has 210 valence electrons. The minimum absolute atomic E-state index is 0.0304. The van der Waals surface area contributed by atoms with E-state index in [1.54, 1.807) is 25.1 Å². The third-order valence-corrected chi connectivity index (χ3v) is 7.25. The van der Waals surface area contributed by atoms with E-state index in [0.29, 0.717) is 35.8 Å². The van der Waals surface area contributed by atoms with E-state index in [-0.39, 0.29) is 28.8 Å². The molecule has 10 nitrogen and oxygen atoms in total. The van der Waals surface area contributed by atoms with E-state index in [4.69, 9.17) is 0 Å². The summed E-state index contributed by atoms with van der Waals surface area (Å²) in [6.45, 7) is 11.7. The first-order valence-electron chi connectivity index (χ1n) is 13.3. The maximum absolute atomic E-state index is 15.0. The number of aryl methyl sites for hydroxylation is 1. The van der Waals surface area contributed by atoms with Crippen LogP contribution in [0.2, 0.25) is 0 Å². The van der Waals surface area contributed by atoms with Gasteiger partial charge in [-0.05, 0) is 51.1 Å². The second-order valence-corrected chi connectivity index (χ2v) is 10.2. The predicted molar refractivity (Wildman–Crippen MR) is 147 cm³/mol. The van der Waals surface area contributed by atoms with Crippen LogP contribution in [0.4, 0.5) is 20.5 Å². The highest BCUT2D eigenvalue weighted by Crippen LogP contribution is 2.30. The summed E-state index contributed by atoms with van der Waals surface area (Å²) < 4.78 is 31.7. The molecule has 0 unspecified atom stereocenters. The molecular formula is C28H32F2N8O2. The molecule has 2 N–H and O–H groups in total. The molecule has 0 amide bonds. The highest BCUT2D eigenvalue weighted by atomic mass is 19.1. The van der Waals surface area contributed by atoms with Crippen LogP contribution in [0.15, 0.2) is 36.7 Å². The van der Waals surface area contributed by atoms with Gasteiger partial charge in [0.15, 0.2) is 11.6 Å². The Morgan fingerprint density at radius 1 is 1.05 bits per heavy atom. The van der Waals surface area contributed by atoms with Crippen LogP contribution in [0.3, 0.4) is 0 Å². The first kappa shape index (κ1) is 27.5. The fourth-order valence-electron chi connectivity index (χ4n) is 5.29. The third kappa shape index (κ3) is 5.36. The van der Waals surface area contributed by atoms with Crippen molar-refractivity contribution in [2.24, 2.45) is 0 Å². The lowest BCUT2D eigenvalue weighted by molar-refractivity contribution is -0.144. The van der Waals surface area contributed by atoms with E-state index in [9.17, 15) is 18.7 Å². The van der Waals surface area contributed by atoms with E-state index in [2.05, 4.69) is 37.1 Å². The van der Waals surface area contributed by atoms with E-state index >= 15 is 0 Å². The Balaban J connectivity index is 1.39. The monoisotopic (exact) mass is 550 g/mol. The van der Waals surface area contributed by atoms with E-state index in [1.807, 2.05) is 23.3 Å². The Morgan fingerprint density at radius 2 is 1.80 bits per heavy atom. The van der Waals surface area contributed by atoms with Crippen molar-refractivity contribution < 1.29 is 18.7 Å². The van der Waals surface area contributed by atoms with Crippen LogP contribution in [0.5, 0.6) is 0 Å². The van der Waals surface area contributed by atoms with Gasteiger partial charge in [0, 0.05) is 44.0 Å². The molecule has 1 aromatic carbocycles. The Bertz CT molecular complexity index is 1530. The number of benzene rings is 1. The van der Waals surface area contributed by atoms with Crippen LogP contribution in [0.25, 0.3) is 22.3 Å². The van der Waals surface area contributed by atoms with Gasteiger partial charge in [-0.15, -0.1) is 0 Å². The van der Waals surface area contributed by atoms with Crippen molar-refractivity contribution in [2.45, 2.75) is 39.8 Å². The highest BCUT2D eigenvalue weighted by molar-refractivity contribution is 5.83. The lowest BCUT2D eigenvalue weighted by atomic mass is 10.1. The van der Waals surface area contributed by atoms with Crippen LogP contribution in [-0.4, -0.2) is 78.1 Å². The van der Waals surface area contributed by atoms with Crippen LogP contribution in [0.1, 0.15) is 44.2 Å². The Morgan fingerprint density at radius 3 is 2.42 bits per heavy atom. The normalized spacial score (nSPS) is 15.6. The van der Waals surface area contributed by atoms with Crippen molar-refractivity contribution in [3.8, 4) is 11.3 Å².